The SMILES string of the molecule is C(=Cc1ccc(N=Nc2ccccc2)[nH]1)c1ccccc1. The Labute approximate surface area is 123 Å². The Bertz CT molecular complexity index is 676. The van der Waals surface area contributed by atoms with E-state index in [2.05, 4.69) is 33.4 Å². The third-order valence-corrected chi connectivity index (χ3v) is 2.98. The Balaban J connectivity index is 1.69. The predicted molar refractivity (Wildman–Crippen MR) is 86.8 cm³/mol. The zero-order valence-corrected chi connectivity index (χ0v) is 11.5. The van der Waals surface area contributed by atoms with Crippen LogP contribution in [0, 0.1) is 0 Å². The maximum Gasteiger partial charge on any atom is 0.153 e. The Morgan fingerprint density at radius 1 is 0.667 bits per heavy atom. The zero-order chi connectivity index (χ0) is 14.3. The molecule has 0 aliphatic carbocycles. The van der Waals surface area contributed by atoms with Gasteiger partial charge in [0.15, 0.2) is 5.82 Å². The van der Waals surface area contributed by atoms with Crippen molar-refractivity contribution < 1.29 is 0 Å². The number of H-pyrrole nitrogens is 1. The number of aromatic nitrogens is 1. The first-order chi connectivity index (χ1) is 10.4. The van der Waals surface area contributed by atoms with Gasteiger partial charge in [-0.25, -0.2) is 0 Å². The molecule has 3 aromatic rings. The van der Waals surface area contributed by atoms with Crippen molar-refractivity contribution in [1.82, 2.24) is 4.98 Å². The van der Waals surface area contributed by atoms with E-state index in [1.54, 1.807) is 0 Å². The normalized spacial score (nSPS) is 11.4. The van der Waals surface area contributed by atoms with Gasteiger partial charge in [0.05, 0.1) is 5.69 Å². The number of hydrogen-bond donors (Lipinski definition) is 1. The van der Waals surface area contributed by atoms with Crippen LogP contribution < -0.4 is 0 Å². The molecule has 3 nitrogen and oxygen atoms in total. The molecule has 0 amide bonds. The number of nitrogens with zero attached hydrogens (tertiary/aromatic N) is 2. The maximum absolute atomic E-state index is 4.19. The number of hydrogen-bond acceptors (Lipinski definition) is 2. The maximum atomic E-state index is 4.19. The minimum atomic E-state index is 0.742. The van der Waals surface area contributed by atoms with Crippen molar-refractivity contribution in [2.24, 2.45) is 10.2 Å². The molecule has 0 aliphatic heterocycles. The standard InChI is InChI=1S/C18H15N3/c1-3-7-15(8-4-1)11-12-16-13-14-18(19-16)21-20-17-9-5-2-6-10-17/h1-14,19H. The van der Waals surface area contributed by atoms with Crippen LogP contribution in [0.25, 0.3) is 12.2 Å². The highest BCUT2D eigenvalue weighted by Crippen LogP contribution is 2.18. The summed E-state index contributed by atoms with van der Waals surface area (Å²) in [5.41, 5.74) is 3.01. The van der Waals surface area contributed by atoms with E-state index in [0.717, 1.165) is 17.2 Å². The molecule has 0 fully saturated rings. The summed E-state index contributed by atoms with van der Waals surface area (Å²) in [7, 11) is 0. The highest BCUT2D eigenvalue weighted by molar-refractivity contribution is 5.68. The third-order valence-electron chi connectivity index (χ3n) is 2.98. The Hall–Kier alpha value is -2.94. The third kappa shape index (κ3) is 3.76. The second-order valence-electron chi connectivity index (χ2n) is 4.58. The van der Waals surface area contributed by atoms with E-state index >= 15 is 0 Å². The van der Waals surface area contributed by atoms with Crippen molar-refractivity contribution >= 4 is 23.7 Å². The molecule has 102 valence electrons. The van der Waals surface area contributed by atoms with Gasteiger partial charge in [-0.05, 0) is 35.9 Å². The Morgan fingerprint density at radius 3 is 2.14 bits per heavy atom. The lowest BCUT2D eigenvalue weighted by Crippen LogP contribution is -1.71. The number of nitrogens with one attached hydrogen (secondary N) is 1. The number of benzene rings is 2. The van der Waals surface area contributed by atoms with Crippen molar-refractivity contribution in [2.75, 3.05) is 0 Å². The fourth-order valence-corrected chi connectivity index (χ4v) is 1.91. The predicted octanol–water partition coefficient (Wildman–Crippen LogP) is 5.60. The largest absolute Gasteiger partial charge is 0.339 e. The van der Waals surface area contributed by atoms with Gasteiger partial charge >= 0.3 is 0 Å². The molecule has 0 spiro atoms. The van der Waals surface area contributed by atoms with Crippen molar-refractivity contribution in [3.63, 3.8) is 0 Å². The van der Waals surface area contributed by atoms with Gasteiger partial charge < -0.3 is 4.98 Å². The average molecular weight is 273 g/mol. The van der Waals surface area contributed by atoms with Crippen LogP contribution in [-0.4, -0.2) is 4.98 Å². The van der Waals surface area contributed by atoms with Crippen LogP contribution in [0.4, 0.5) is 11.5 Å². The molecule has 0 aliphatic rings. The van der Waals surface area contributed by atoms with Gasteiger partial charge in [-0.1, -0.05) is 54.6 Å². The summed E-state index contributed by atoms with van der Waals surface area (Å²) in [5, 5.41) is 8.37. The van der Waals surface area contributed by atoms with Crippen LogP contribution in [0.5, 0.6) is 0 Å². The summed E-state index contributed by atoms with van der Waals surface area (Å²) in [5.74, 6) is 0.742. The van der Waals surface area contributed by atoms with Crippen LogP contribution in [0.1, 0.15) is 11.3 Å². The fraction of sp³-hybridized carbons (Fsp3) is 0. The average Bonchev–Trinajstić information content (AvgIpc) is 3.01. The highest BCUT2D eigenvalue weighted by Gasteiger charge is 1.94. The molecule has 0 saturated carbocycles. The lowest BCUT2D eigenvalue weighted by Gasteiger charge is -1.91. The summed E-state index contributed by atoms with van der Waals surface area (Å²) in [6.45, 7) is 0. The molecule has 1 N–H and O–H groups in total. The van der Waals surface area contributed by atoms with Crippen LogP contribution >= 0.6 is 0 Å². The van der Waals surface area contributed by atoms with Gasteiger partial charge in [-0.3, -0.25) is 0 Å². The summed E-state index contributed by atoms with van der Waals surface area (Å²) >= 11 is 0. The van der Waals surface area contributed by atoms with Gasteiger partial charge in [0.2, 0.25) is 0 Å². The van der Waals surface area contributed by atoms with Crippen molar-refractivity contribution in [3.05, 3.63) is 84.1 Å². The van der Waals surface area contributed by atoms with Crippen LogP contribution in [-0.2, 0) is 0 Å². The smallest absolute Gasteiger partial charge is 0.153 e. The lowest BCUT2D eigenvalue weighted by atomic mass is 10.2. The number of azo groups is 1. The molecule has 0 saturated heterocycles. The molecule has 21 heavy (non-hydrogen) atoms. The van der Waals surface area contributed by atoms with Crippen molar-refractivity contribution in [3.8, 4) is 0 Å². The molecule has 1 heterocycles. The fourth-order valence-electron chi connectivity index (χ4n) is 1.91. The first-order valence-corrected chi connectivity index (χ1v) is 6.79. The monoisotopic (exact) mass is 273 g/mol. The molecule has 0 atom stereocenters. The lowest BCUT2D eigenvalue weighted by molar-refractivity contribution is 1.17. The summed E-state index contributed by atoms with van der Waals surface area (Å²) in [4.78, 5) is 3.21. The first-order valence-electron chi connectivity index (χ1n) is 6.79. The molecular formula is C18H15N3. The van der Waals surface area contributed by atoms with Gasteiger partial charge in [0, 0.05) is 5.69 Å². The van der Waals surface area contributed by atoms with Crippen LogP contribution in [0.15, 0.2) is 83.0 Å². The molecule has 1 aromatic heterocycles. The van der Waals surface area contributed by atoms with E-state index in [0.29, 0.717) is 0 Å². The summed E-state index contributed by atoms with van der Waals surface area (Å²) in [6, 6.07) is 23.8. The molecule has 0 unspecified atom stereocenters. The summed E-state index contributed by atoms with van der Waals surface area (Å²) < 4.78 is 0. The van der Waals surface area contributed by atoms with Gasteiger partial charge in [0.25, 0.3) is 0 Å². The van der Waals surface area contributed by atoms with Gasteiger partial charge in [-0.15, -0.1) is 10.2 Å². The quantitative estimate of drug-likeness (QED) is 0.601. The highest BCUT2D eigenvalue weighted by atomic mass is 15.1. The molecular weight excluding hydrogens is 258 g/mol. The second-order valence-corrected chi connectivity index (χ2v) is 4.58. The van der Waals surface area contributed by atoms with Gasteiger partial charge in [-0.2, -0.15) is 0 Å². The van der Waals surface area contributed by atoms with Crippen LogP contribution in [0.3, 0.4) is 0 Å². The van der Waals surface area contributed by atoms with E-state index in [-0.39, 0.29) is 0 Å². The number of rotatable bonds is 4. The molecule has 3 heteroatoms. The minimum Gasteiger partial charge on any atom is -0.339 e. The van der Waals surface area contributed by atoms with E-state index < -0.39 is 0 Å². The van der Waals surface area contributed by atoms with Crippen molar-refractivity contribution in [2.45, 2.75) is 0 Å². The van der Waals surface area contributed by atoms with E-state index in [1.807, 2.05) is 66.7 Å². The van der Waals surface area contributed by atoms with E-state index in [4.69, 9.17) is 0 Å². The molecule has 2 aromatic carbocycles. The molecule has 0 bridgehead atoms. The Morgan fingerprint density at radius 2 is 1.38 bits per heavy atom. The van der Waals surface area contributed by atoms with E-state index in [9.17, 15) is 0 Å². The Kier molecular flexibility index (Phi) is 4.03. The molecule has 3 rings (SSSR count). The van der Waals surface area contributed by atoms with E-state index in [1.165, 1.54) is 5.56 Å². The topological polar surface area (TPSA) is 40.5 Å². The second kappa shape index (κ2) is 6.48. The molecule has 0 radical (unpaired) electrons. The zero-order valence-electron chi connectivity index (χ0n) is 11.5. The van der Waals surface area contributed by atoms with Crippen molar-refractivity contribution in [1.29, 1.82) is 0 Å². The summed E-state index contributed by atoms with van der Waals surface area (Å²) in [6.07, 6.45) is 4.08. The van der Waals surface area contributed by atoms with Crippen LogP contribution in [0.2, 0.25) is 0 Å². The number of aromatic amines is 1. The first kappa shape index (κ1) is 13.1. The minimum absolute atomic E-state index is 0.742. The van der Waals surface area contributed by atoms with Gasteiger partial charge in [0.1, 0.15) is 0 Å².